The second-order valence-corrected chi connectivity index (χ2v) is 6.81. The average Bonchev–Trinajstić information content (AvgIpc) is 2.91. The highest BCUT2D eigenvalue weighted by Gasteiger charge is 2.47. The number of nitrogens with one attached hydrogen (secondary N) is 1. The van der Waals surface area contributed by atoms with Gasteiger partial charge in [-0.05, 0) is 18.6 Å². The van der Waals surface area contributed by atoms with Crippen molar-refractivity contribution >= 4 is 10.1 Å². The quantitative estimate of drug-likeness (QED) is 0.668. The maximum absolute atomic E-state index is 11.5. The minimum atomic E-state index is -4.28. The molecule has 2 fully saturated rings. The lowest BCUT2D eigenvalue weighted by molar-refractivity contribution is 0.0783. The van der Waals surface area contributed by atoms with E-state index in [-0.39, 0.29) is 29.6 Å². The van der Waals surface area contributed by atoms with Crippen molar-refractivity contribution in [1.82, 2.24) is 5.32 Å². The second kappa shape index (κ2) is 4.78. The lowest BCUT2D eigenvalue weighted by Crippen LogP contribution is -2.36. The molecule has 0 aliphatic carbocycles. The third-order valence-corrected chi connectivity index (χ3v) is 4.97. The van der Waals surface area contributed by atoms with Crippen LogP contribution in [0, 0.1) is 6.92 Å². The van der Waals surface area contributed by atoms with Gasteiger partial charge in [-0.25, -0.2) is 0 Å². The van der Waals surface area contributed by atoms with Crippen molar-refractivity contribution in [2.24, 2.45) is 0 Å². The van der Waals surface area contributed by atoms with Gasteiger partial charge in [-0.1, -0.05) is 17.7 Å². The molecular weight excluding hydrogens is 282 g/mol. The summed E-state index contributed by atoms with van der Waals surface area (Å²) in [6.07, 6.45) is -0.851. The largest absolute Gasteiger partial charge is 0.389 e. The Labute approximate surface area is 117 Å². The second-order valence-electron chi connectivity index (χ2n) is 5.42. The maximum Gasteiger partial charge on any atom is 0.294 e. The Hall–Kier alpha value is -0.990. The standard InChI is InChI=1S/C13H17NO5S/c1-7-2-3-11(20(16,17)18)8(4-7)9-5-14-12-10(15)6-19-13(9)12/h2-4,9-10,12-15H,5-6H2,1H3,(H,16,17,18)/t9-,10-,12+,13-/m0/s1. The molecule has 1 aromatic carbocycles. The van der Waals surface area contributed by atoms with Gasteiger partial charge in [0.25, 0.3) is 10.1 Å². The van der Waals surface area contributed by atoms with Crippen molar-refractivity contribution in [3.05, 3.63) is 29.3 Å². The number of ether oxygens (including phenoxy) is 1. The number of aliphatic hydroxyl groups is 1. The molecule has 0 unspecified atom stereocenters. The predicted molar refractivity (Wildman–Crippen MR) is 71.3 cm³/mol. The smallest absolute Gasteiger partial charge is 0.294 e. The summed E-state index contributed by atoms with van der Waals surface area (Å²) in [6, 6.07) is 4.64. The molecule has 0 spiro atoms. The molecule has 2 heterocycles. The third-order valence-electron chi connectivity index (χ3n) is 4.04. The van der Waals surface area contributed by atoms with Crippen molar-refractivity contribution in [3.8, 4) is 0 Å². The fraction of sp³-hybridized carbons (Fsp3) is 0.538. The number of benzene rings is 1. The van der Waals surface area contributed by atoms with Crippen LogP contribution >= 0.6 is 0 Å². The van der Waals surface area contributed by atoms with Crippen LogP contribution in [0.1, 0.15) is 17.0 Å². The molecule has 2 aliphatic heterocycles. The molecule has 4 atom stereocenters. The van der Waals surface area contributed by atoms with Gasteiger partial charge >= 0.3 is 0 Å². The van der Waals surface area contributed by atoms with E-state index >= 15 is 0 Å². The highest BCUT2D eigenvalue weighted by atomic mass is 32.2. The van der Waals surface area contributed by atoms with Crippen molar-refractivity contribution in [2.75, 3.05) is 13.2 Å². The summed E-state index contributed by atoms with van der Waals surface area (Å²) >= 11 is 0. The highest BCUT2D eigenvalue weighted by molar-refractivity contribution is 7.85. The van der Waals surface area contributed by atoms with E-state index in [1.54, 1.807) is 12.1 Å². The zero-order valence-corrected chi connectivity index (χ0v) is 11.8. The summed E-state index contributed by atoms with van der Waals surface area (Å²) in [7, 11) is -4.28. The number of hydrogen-bond donors (Lipinski definition) is 3. The van der Waals surface area contributed by atoms with Crippen LogP contribution in [0.15, 0.2) is 23.1 Å². The van der Waals surface area contributed by atoms with E-state index in [0.717, 1.165) is 5.56 Å². The summed E-state index contributed by atoms with van der Waals surface area (Å²) in [6.45, 7) is 2.62. The fourth-order valence-corrected chi connectivity index (χ4v) is 3.86. The molecule has 2 aliphatic rings. The summed E-state index contributed by atoms with van der Waals surface area (Å²) in [4.78, 5) is -0.0828. The van der Waals surface area contributed by atoms with E-state index in [1.807, 2.05) is 6.92 Å². The van der Waals surface area contributed by atoms with Crippen LogP contribution in [0.25, 0.3) is 0 Å². The van der Waals surface area contributed by atoms with Crippen LogP contribution in [-0.2, 0) is 14.9 Å². The molecule has 0 radical (unpaired) electrons. The Bertz CT molecular complexity index is 630. The third kappa shape index (κ3) is 2.25. The zero-order chi connectivity index (χ0) is 14.5. The summed E-state index contributed by atoms with van der Waals surface area (Å²) < 4.78 is 38.0. The molecule has 2 saturated heterocycles. The minimum absolute atomic E-state index is 0.0828. The molecule has 0 bridgehead atoms. The maximum atomic E-state index is 11.5. The van der Waals surface area contributed by atoms with Gasteiger partial charge in [0.05, 0.1) is 29.8 Å². The SMILES string of the molecule is Cc1ccc(S(=O)(=O)O)c([C@@H]2CN[C@H]3[C@H]2OC[C@@H]3O)c1. The molecule has 6 nitrogen and oxygen atoms in total. The van der Waals surface area contributed by atoms with E-state index in [0.29, 0.717) is 12.1 Å². The normalized spacial score (nSPS) is 33.4. The van der Waals surface area contributed by atoms with Crippen LogP contribution in [0.4, 0.5) is 0 Å². The summed E-state index contributed by atoms with van der Waals surface area (Å²) in [5, 5.41) is 13.0. The van der Waals surface area contributed by atoms with Crippen molar-refractivity contribution < 1.29 is 22.8 Å². The molecule has 20 heavy (non-hydrogen) atoms. The number of rotatable bonds is 2. The van der Waals surface area contributed by atoms with Gasteiger partial charge in [-0.3, -0.25) is 4.55 Å². The van der Waals surface area contributed by atoms with Gasteiger partial charge in [-0.2, -0.15) is 8.42 Å². The van der Waals surface area contributed by atoms with Crippen molar-refractivity contribution in [1.29, 1.82) is 0 Å². The Balaban J connectivity index is 2.04. The molecule has 0 amide bonds. The van der Waals surface area contributed by atoms with Crippen LogP contribution in [0.2, 0.25) is 0 Å². The molecule has 3 N–H and O–H groups in total. The van der Waals surface area contributed by atoms with Gasteiger partial charge in [0.15, 0.2) is 0 Å². The van der Waals surface area contributed by atoms with E-state index in [4.69, 9.17) is 4.74 Å². The molecule has 0 saturated carbocycles. The number of hydrogen-bond acceptors (Lipinski definition) is 5. The Morgan fingerprint density at radius 2 is 2.15 bits per heavy atom. The Morgan fingerprint density at radius 1 is 1.40 bits per heavy atom. The van der Waals surface area contributed by atoms with E-state index in [2.05, 4.69) is 5.32 Å². The average molecular weight is 299 g/mol. The van der Waals surface area contributed by atoms with E-state index in [9.17, 15) is 18.1 Å². The number of fused-ring (bicyclic) bond motifs is 1. The Kier molecular flexibility index (Phi) is 3.34. The van der Waals surface area contributed by atoms with Crippen LogP contribution in [0.3, 0.4) is 0 Å². The van der Waals surface area contributed by atoms with Crippen molar-refractivity contribution in [3.63, 3.8) is 0 Å². The lowest BCUT2D eigenvalue weighted by Gasteiger charge is -2.20. The topological polar surface area (TPSA) is 95.9 Å². The lowest BCUT2D eigenvalue weighted by atomic mass is 9.92. The van der Waals surface area contributed by atoms with Gasteiger partial charge in [0.2, 0.25) is 0 Å². The minimum Gasteiger partial charge on any atom is -0.389 e. The summed E-state index contributed by atoms with van der Waals surface area (Å²) in [5.74, 6) is -0.200. The van der Waals surface area contributed by atoms with E-state index < -0.39 is 16.2 Å². The van der Waals surface area contributed by atoms with Gasteiger partial charge in [-0.15, -0.1) is 0 Å². The van der Waals surface area contributed by atoms with Gasteiger partial charge < -0.3 is 15.2 Å². The van der Waals surface area contributed by atoms with Crippen LogP contribution < -0.4 is 5.32 Å². The Morgan fingerprint density at radius 3 is 2.85 bits per heavy atom. The first-order valence-electron chi connectivity index (χ1n) is 6.49. The molecule has 7 heteroatoms. The first-order valence-corrected chi connectivity index (χ1v) is 7.93. The number of aryl methyl sites for hydroxylation is 1. The van der Waals surface area contributed by atoms with Crippen LogP contribution in [-0.4, -0.2) is 49.5 Å². The van der Waals surface area contributed by atoms with Crippen molar-refractivity contribution in [2.45, 2.75) is 36.0 Å². The van der Waals surface area contributed by atoms with Gasteiger partial charge in [0.1, 0.15) is 0 Å². The molecule has 3 rings (SSSR count). The first-order chi connectivity index (χ1) is 9.38. The predicted octanol–water partition coefficient (Wildman–Crippen LogP) is 0.0568. The number of aliphatic hydroxyl groups excluding tert-OH is 1. The fourth-order valence-electron chi connectivity index (χ4n) is 3.11. The molecule has 1 aromatic rings. The molecule has 0 aromatic heterocycles. The van der Waals surface area contributed by atoms with E-state index in [1.165, 1.54) is 6.07 Å². The van der Waals surface area contributed by atoms with Crippen LogP contribution in [0.5, 0.6) is 0 Å². The molecular formula is C13H17NO5S. The zero-order valence-electron chi connectivity index (χ0n) is 11.0. The first kappa shape index (κ1) is 14.0. The highest BCUT2D eigenvalue weighted by Crippen LogP contribution is 2.37. The summed E-state index contributed by atoms with van der Waals surface area (Å²) in [5.41, 5.74) is 1.45. The van der Waals surface area contributed by atoms with Gasteiger partial charge in [0, 0.05) is 12.5 Å². The molecule has 110 valence electrons. The monoisotopic (exact) mass is 299 g/mol.